The minimum absolute atomic E-state index is 0.112. The van der Waals surface area contributed by atoms with Crippen molar-refractivity contribution in [3.63, 3.8) is 0 Å². The van der Waals surface area contributed by atoms with Gasteiger partial charge in [0.05, 0.1) is 30.6 Å². The van der Waals surface area contributed by atoms with E-state index < -0.39 is 68.0 Å². The number of nitrogens with two attached hydrogens (primary N) is 1. The molecule has 2 heterocycles. The molecule has 1 aromatic carbocycles. The first kappa shape index (κ1) is 10.1. The van der Waals surface area contributed by atoms with Crippen molar-refractivity contribution in [1.29, 1.82) is 0 Å². The van der Waals surface area contributed by atoms with Crippen LogP contribution in [0.25, 0.3) is 10.9 Å². The van der Waals surface area contributed by atoms with Crippen LogP contribution >= 0.6 is 0 Å². The zero-order valence-electron chi connectivity index (χ0n) is 25.9. The Bertz CT molecular complexity index is 1210. The van der Waals surface area contributed by atoms with Crippen LogP contribution in [0.2, 0.25) is 0 Å². The second-order valence-corrected chi connectivity index (χ2v) is 6.04. The number of carbonyl (C=O) groups excluding carboxylic acids is 1. The van der Waals surface area contributed by atoms with Crippen LogP contribution in [0, 0.1) is 0 Å². The highest BCUT2D eigenvalue weighted by atomic mass is 16.5. The number of nitrogen functional groups attached to an aromatic ring is 1. The van der Waals surface area contributed by atoms with Gasteiger partial charge in [-0.05, 0) is 25.3 Å². The molecular formula is C19H27N5O4. The molecule has 9 nitrogen and oxygen atoms in total. The number of ether oxygens (including phenoxy) is 3. The van der Waals surface area contributed by atoms with E-state index in [1.165, 1.54) is 0 Å². The van der Waals surface area contributed by atoms with Crippen molar-refractivity contribution in [3.8, 4) is 11.5 Å². The van der Waals surface area contributed by atoms with Crippen LogP contribution in [0.15, 0.2) is 12.1 Å². The van der Waals surface area contributed by atoms with Crippen molar-refractivity contribution in [2.45, 2.75) is 25.4 Å². The van der Waals surface area contributed by atoms with E-state index in [2.05, 4.69) is 15.3 Å². The summed E-state index contributed by atoms with van der Waals surface area (Å²) < 4.78 is 99.6. The lowest BCUT2D eigenvalue weighted by Crippen LogP contribution is -2.36. The SMILES string of the molecule is [2H]c1c(OC([2H])([2H])[2H])c(OC([2H])([2H])[2H])c([2H])c2c(N)nc(N(CCCNC(=O)C3CCCO3)C([2H])([2H])[2H])nc12. The van der Waals surface area contributed by atoms with E-state index in [-0.39, 0.29) is 30.8 Å². The monoisotopic (exact) mass is 400 g/mol. The lowest BCUT2D eigenvalue weighted by molar-refractivity contribution is -0.130. The molecule has 0 spiro atoms. The summed E-state index contributed by atoms with van der Waals surface area (Å²) in [6.07, 6.45) is 0.964. The van der Waals surface area contributed by atoms with Crippen LogP contribution < -0.4 is 25.4 Å². The first-order chi connectivity index (χ1) is 17.9. The highest BCUT2D eigenvalue weighted by Gasteiger charge is 2.22. The Hall–Kier alpha value is -2.81. The Labute approximate surface area is 179 Å². The van der Waals surface area contributed by atoms with Crippen LogP contribution in [0.4, 0.5) is 11.8 Å². The summed E-state index contributed by atoms with van der Waals surface area (Å²) in [6, 6.07) is -1.57. The van der Waals surface area contributed by atoms with Crippen LogP contribution in [0.3, 0.4) is 0 Å². The van der Waals surface area contributed by atoms with Crippen LogP contribution in [-0.4, -0.2) is 62.7 Å². The summed E-state index contributed by atoms with van der Waals surface area (Å²) in [5, 5.41) is 2.30. The number of nitrogens with zero attached hydrogens (tertiary/aromatic N) is 3. The summed E-state index contributed by atoms with van der Waals surface area (Å²) >= 11 is 0. The Balaban J connectivity index is 2.00. The number of rotatable bonds is 8. The maximum absolute atomic E-state index is 12.1. The van der Waals surface area contributed by atoms with E-state index in [9.17, 15) is 4.79 Å². The molecule has 2 aromatic rings. The van der Waals surface area contributed by atoms with Crippen molar-refractivity contribution in [3.05, 3.63) is 12.1 Å². The lowest BCUT2D eigenvalue weighted by Gasteiger charge is -2.19. The lowest BCUT2D eigenvalue weighted by atomic mass is 10.2. The number of amides is 1. The van der Waals surface area contributed by atoms with Crippen molar-refractivity contribution >= 4 is 28.6 Å². The van der Waals surface area contributed by atoms with E-state index in [0.717, 1.165) is 11.3 Å². The van der Waals surface area contributed by atoms with Crippen molar-refractivity contribution in [2.75, 3.05) is 51.4 Å². The molecule has 0 aliphatic carbocycles. The van der Waals surface area contributed by atoms with Gasteiger partial charge in [0.25, 0.3) is 0 Å². The molecular weight excluding hydrogens is 362 g/mol. The van der Waals surface area contributed by atoms with E-state index in [1.807, 2.05) is 0 Å². The highest BCUT2D eigenvalue weighted by molar-refractivity contribution is 5.91. The van der Waals surface area contributed by atoms with Crippen LogP contribution in [0.5, 0.6) is 11.5 Å². The Morgan fingerprint density at radius 1 is 1.43 bits per heavy atom. The molecule has 152 valence electrons. The van der Waals surface area contributed by atoms with Gasteiger partial charge in [-0.15, -0.1) is 0 Å². The molecule has 3 N–H and O–H groups in total. The summed E-state index contributed by atoms with van der Waals surface area (Å²) in [7, 11) is -6.31. The largest absolute Gasteiger partial charge is 0.493 e. The van der Waals surface area contributed by atoms with E-state index in [0.29, 0.717) is 13.0 Å². The second-order valence-electron chi connectivity index (χ2n) is 6.04. The number of aromatic nitrogens is 2. The fourth-order valence-electron chi connectivity index (χ4n) is 2.73. The maximum Gasteiger partial charge on any atom is 0.249 e. The molecule has 1 amide bonds. The molecule has 28 heavy (non-hydrogen) atoms. The topological polar surface area (TPSA) is 112 Å². The first-order valence-electron chi connectivity index (χ1n) is 14.0. The number of hydrogen-bond donors (Lipinski definition) is 2. The fraction of sp³-hybridized carbons (Fsp3) is 0.526. The fourth-order valence-corrected chi connectivity index (χ4v) is 2.73. The second kappa shape index (κ2) is 8.92. The smallest absolute Gasteiger partial charge is 0.249 e. The number of nitrogens with one attached hydrogen (secondary N) is 1. The minimum Gasteiger partial charge on any atom is -0.493 e. The average Bonchev–Trinajstić information content (AvgIpc) is 3.32. The molecule has 1 atom stereocenters. The molecule has 1 saturated heterocycles. The predicted molar refractivity (Wildman–Crippen MR) is 107 cm³/mol. The molecule has 1 unspecified atom stereocenters. The number of anilines is 2. The van der Waals surface area contributed by atoms with Gasteiger partial charge in [-0.1, -0.05) is 0 Å². The summed E-state index contributed by atoms with van der Waals surface area (Å²) in [4.78, 5) is 20.9. The molecule has 9 heteroatoms. The van der Waals surface area contributed by atoms with Gasteiger partial charge < -0.3 is 30.2 Å². The summed E-state index contributed by atoms with van der Waals surface area (Å²) in [6.45, 7) is -2.38. The molecule has 0 saturated carbocycles. The third-order valence-corrected chi connectivity index (χ3v) is 4.13. The van der Waals surface area contributed by atoms with Gasteiger partial charge in [0.1, 0.15) is 11.9 Å². The molecule has 1 fully saturated rings. The first-order valence-corrected chi connectivity index (χ1v) is 8.54. The van der Waals surface area contributed by atoms with Crippen molar-refractivity contribution in [1.82, 2.24) is 15.3 Å². The molecule has 0 radical (unpaired) electrons. The van der Waals surface area contributed by atoms with Gasteiger partial charge >= 0.3 is 0 Å². The molecule has 3 rings (SSSR count). The molecule has 1 aliphatic heterocycles. The van der Waals surface area contributed by atoms with Crippen molar-refractivity contribution in [2.24, 2.45) is 0 Å². The quantitative estimate of drug-likeness (QED) is 0.639. The Morgan fingerprint density at radius 2 is 2.25 bits per heavy atom. The van der Waals surface area contributed by atoms with Crippen LogP contribution in [-0.2, 0) is 9.53 Å². The van der Waals surface area contributed by atoms with Gasteiger partial charge in [0.15, 0.2) is 11.5 Å². The van der Waals surface area contributed by atoms with Gasteiger partial charge in [-0.2, -0.15) is 4.98 Å². The highest BCUT2D eigenvalue weighted by Crippen LogP contribution is 2.33. The normalized spacial score (nSPS) is 23.3. The number of fused-ring (bicyclic) bond motifs is 1. The number of benzene rings is 1. The van der Waals surface area contributed by atoms with E-state index in [4.69, 9.17) is 35.0 Å². The Kier molecular flexibility index (Phi) is 3.22. The third kappa shape index (κ3) is 4.36. The van der Waals surface area contributed by atoms with E-state index >= 15 is 0 Å². The molecule has 0 bridgehead atoms. The summed E-state index contributed by atoms with van der Waals surface area (Å²) in [5.74, 6) is -3.06. The minimum atomic E-state index is -3.16. The van der Waals surface area contributed by atoms with Crippen LogP contribution in [0.1, 0.15) is 34.3 Å². The molecule has 1 aromatic heterocycles. The zero-order valence-corrected chi connectivity index (χ0v) is 14.9. The number of methoxy groups -OCH3 is 2. The standard InChI is InChI=1S/C19H27N5O4/c1-24(8-5-7-21-18(25)14-6-4-9-28-14)19-22-13-11-16(27-3)15(26-2)10-12(13)17(20)23-19/h10-11,14H,4-9H2,1-3H3,(H,21,25)(H2,20,22,23)/i1D3,2D3,3D3,10D,11D. The zero-order chi connectivity index (χ0) is 29.3. The maximum atomic E-state index is 12.1. The number of hydrogen-bond acceptors (Lipinski definition) is 8. The summed E-state index contributed by atoms with van der Waals surface area (Å²) in [5.41, 5.74) is 5.54. The van der Waals surface area contributed by atoms with Crippen molar-refractivity contribution < 1.29 is 34.1 Å². The third-order valence-electron chi connectivity index (χ3n) is 4.13. The Morgan fingerprint density at radius 3 is 2.96 bits per heavy atom. The van der Waals surface area contributed by atoms with Gasteiger partial charge in [0.2, 0.25) is 11.9 Å². The molecule has 1 aliphatic rings. The van der Waals surface area contributed by atoms with Gasteiger partial charge in [-0.25, -0.2) is 4.98 Å². The van der Waals surface area contributed by atoms with E-state index in [1.54, 1.807) is 0 Å². The predicted octanol–water partition coefficient (Wildman–Crippen LogP) is 1.35. The van der Waals surface area contributed by atoms with Gasteiger partial charge in [-0.3, -0.25) is 4.79 Å². The average molecular weight is 401 g/mol. The number of carbonyl (C=O) groups is 1. The van der Waals surface area contributed by atoms with Gasteiger partial charge in [0, 0.05) is 42.2 Å².